The molecule has 1 N–H and O–H groups in total. The molecule has 1 saturated heterocycles. The van der Waals surface area contributed by atoms with Crippen LogP contribution >= 0.6 is 0 Å². The lowest BCUT2D eigenvalue weighted by atomic mass is 9.91. The lowest BCUT2D eigenvalue weighted by Gasteiger charge is -2.33. The highest BCUT2D eigenvalue weighted by molar-refractivity contribution is 6.00. The Bertz CT molecular complexity index is 1360. The standard InChI is InChI=1S/C27H27NO7/c1-27(2)11-10-17-20(35-27)14-21(33-15-22(29)28-12-6-9-19(28)26(31)32)24-18(13-23(30)34-25(17)24)16-7-4-3-5-8-16/h3-5,7-8,13-14,19H,6,9-12,15H2,1-2H3,(H,31,32)/t19-/m1/s1. The molecule has 1 fully saturated rings. The van der Waals surface area contributed by atoms with E-state index in [9.17, 15) is 19.5 Å². The van der Waals surface area contributed by atoms with Gasteiger partial charge in [-0.05, 0) is 45.1 Å². The molecule has 3 heterocycles. The van der Waals surface area contributed by atoms with Gasteiger partial charge in [0.2, 0.25) is 0 Å². The fourth-order valence-electron chi connectivity index (χ4n) is 4.95. The van der Waals surface area contributed by atoms with Gasteiger partial charge >= 0.3 is 11.6 Å². The van der Waals surface area contributed by atoms with Gasteiger partial charge in [0.25, 0.3) is 5.91 Å². The van der Waals surface area contributed by atoms with Crippen molar-refractivity contribution in [3.8, 4) is 22.6 Å². The van der Waals surface area contributed by atoms with E-state index in [2.05, 4.69) is 0 Å². The Hall–Kier alpha value is -3.81. The van der Waals surface area contributed by atoms with Gasteiger partial charge in [-0.2, -0.15) is 0 Å². The average molecular weight is 478 g/mol. The number of nitrogens with zero attached hydrogens (tertiary/aromatic N) is 1. The number of carboxylic acid groups (broad SMARTS) is 1. The highest BCUT2D eigenvalue weighted by Gasteiger charge is 2.35. The highest BCUT2D eigenvalue weighted by atomic mass is 16.5. The number of hydrogen-bond donors (Lipinski definition) is 1. The number of amides is 1. The number of carbonyl (C=O) groups is 2. The monoisotopic (exact) mass is 477 g/mol. The molecule has 3 aromatic rings. The predicted octanol–water partition coefficient (Wildman–Crippen LogP) is 4.02. The molecule has 2 aromatic carbocycles. The molecule has 1 atom stereocenters. The molecule has 0 radical (unpaired) electrons. The second kappa shape index (κ2) is 8.76. The smallest absolute Gasteiger partial charge is 0.336 e. The number of aliphatic carboxylic acids is 1. The summed E-state index contributed by atoms with van der Waals surface area (Å²) < 4.78 is 17.9. The number of rotatable bonds is 5. The van der Waals surface area contributed by atoms with Gasteiger partial charge in [-0.15, -0.1) is 0 Å². The number of carboxylic acids is 1. The molecule has 1 amide bonds. The number of carbonyl (C=O) groups excluding carboxylic acids is 1. The number of ether oxygens (including phenoxy) is 2. The Morgan fingerprint density at radius 1 is 1.20 bits per heavy atom. The van der Waals surface area contributed by atoms with Crippen LogP contribution in [0.2, 0.25) is 0 Å². The second-order valence-electron chi connectivity index (χ2n) is 9.63. The molecule has 0 saturated carbocycles. The van der Waals surface area contributed by atoms with Gasteiger partial charge in [0.05, 0.1) is 5.39 Å². The molecule has 0 spiro atoms. The summed E-state index contributed by atoms with van der Waals surface area (Å²) in [7, 11) is 0. The van der Waals surface area contributed by atoms with Crippen LogP contribution in [-0.4, -0.2) is 46.7 Å². The van der Waals surface area contributed by atoms with Crippen molar-refractivity contribution < 1.29 is 28.6 Å². The lowest BCUT2D eigenvalue weighted by molar-refractivity contribution is -0.148. The van der Waals surface area contributed by atoms with E-state index < -0.39 is 29.1 Å². The Morgan fingerprint density at radius 3 is 2.71 bits per heavy atom. The number of benzene rings is 2. The van der Waals surface area contributed by atoms with E-state index in [1.165, 1.54) is 11.0 Å². The van der Waals surface area contributed by atoms with E-state index in [-0.39, 0.29) is 6.61 Å². The first kappa shape index (κ1) is 23.0. The van der Waals surface area contributed by atoms with Crippen molar-refractivity contribution in [2.75, 3.05) is 13.2 Å². The van der Waals surface area contributed by atoms with Gasteiger partial charge in [-0.1, -0.05) is 30.3 Å². The van der Waals surface area contributed by atoms with Crippen molar-refractivity contribution in [2.45, 2.75) is 51.2 Å². The molecule has 2 aliphatic heterocycles. The maximum absolute atomic E-state index is 12.9. The SMILES string of the molecule is CC1(C)CCc2c(cc(OCC(=O)N3CCC[C@@H]3C(=O)O)c3c(-c4ccccc4)cc(=O)oc23)O1. The zero-order valence-electron chi connectivity index (χ0n) is 19.7. The summed E-state index contributed by atoms with van der Waals surface area (Å²) in [5, 5.41) is 10.0. The van der Waals surface area contributed by atoms with Crippen LogP contribution in [0.15, 0.2) is 51.7 Å². The third-order valence-corrected chi connectivity index (χ3v) is 6.70. The first-order valence-electron chi connectivity index (χ1n) is 11.8. The predicted molar refractivity (Wildman–Crippen MR) is 129 cm³/mol. The Balaban J connectivity index is 1.61. The molecular formula is C27H27NO7. The minimum Gasteiger partial charge on any atom is -0.487 e. The van der Waals surface area contributed by atoms with Crippen LogP contribution in [0.5, 0.6) is 11.5 Å². The van der Waals surface area contributed by atoms with E-state index in [1.54, 1.807) is 6.07 Å². The van der Waals surface area contributed by atoms with Gasteiger partial charge in [0.1, 0.15) is 28.7 Å². The molecule has 0 unspecified atom stereocenters. The summed E-state index contributed by atoms with van der Waals surface area (Å²) in [6.07, 6.45) is 2.47. The van der Waals surface area contributed by atoms with E-state index >= 15 is 0 Å². The summed E-state index contributed by atoms with van der Waals surface area (Å²) in [5.41, 5.74) is 1.73. The van der Waals surface area contributed by atoms with E-state index in [0.717, 1.165) is 17.5 Å². The first-order chi connectivity index (χ1) is 16.7. The summed E-state index contributed by atoms with van der Waals surface area (Å²) in [4.78, 5) is 38.4. The van der Waals surface area contributed by atoms with E-state index in [0.29, 0.717) is 53.8 Å². The highest BCUT2D eigenvalue weighted by Crippen LogP contribution is 2.44. The molecule has 5 rings (SSSR count). The van der Waals surface area contributed by atoms with Gasteiger partial charge in [-0.3, -0.25) is 4.79 Å². The number of aryl methyl sites for hydroxylation is 1. The largest absolute Gasteiger partial charge is 0.487 e. The maximum atomic E-state index is 12.9. The van der Waals surface area contributed by atoms with Crippen molar-refractivity contribution in [3.05, 3.63) is 58.4 Å². The Kier molecular flexibility index (Phi) is 5.75. The van der Waals surface area contributed by atoms with Crippen molar-refractivity contribution >= 4 is 22.8 Å². The van der Waals surface area contributed by atoms with E-state index in [4.69, 9.17) is 13.9 Å². The van der Waals surface area contributed by atoms with Gasteiger partial charge in [0.15, 0.2) is 6.61 Å². The first-order valence-corrected chi connectivity index (χ1v) is 11.8. The number of hydrogen-bond acceptors (Lipinski definition) is 6. The molecule has 35 heavy (non-hydrogen) atoms. The van der Waals surface area contributed by atoms with Crippen molar-refractivity contribution in [1.29, 1.82) is 0 Å². The third-order valence-electron chi connectivity index (χ3n) is 6.70. The minimum absolute atomic E-state index is 0.339. The van der Waals surface area contributed by atoms with Crippen LogP contribution in [0.1, 0.15) is 38.7 Å². The van der Waals surface area contributed by atoms with Crippen LogP contribution < -0.4 is 15.1 Å². The summed E-state index contributed by atoms with van der Waals surface area (Å²) in [6, 6.07) is 11.8. The van der Waals surface area contributed by atoms with Crippen LogP contribution in [0, 0.1) is 0 Å². The van der Waals surface area contributed by atoms with Gasteiger partial charge < -0.3 is 23.9 Å². The number of fused-ring (bicyclic) bond motifs is 3. The molecule has 2 aliphatic rings. The van der Waals surface area contributed by atoms with Crippen molar-refractivity contribution in [2.24, 2.45) is 0 Å². The molecule has 182 valence electrons. The topological polar surface area (TPSA) is 106 Å². The van der Waals surface area contributed by atoms with Gasteiger partial charge in [0, 0.05) is 29.8 Å². The van der Waals surface area contributed by atoms with Gasteiger partial charge in [-0.25, -0.2) is 9.59 Å². The maximum Gasteiger partial charge on any atom is 0.336 e. The lowest BCUT2D eigenvalue weighted by Crippen LogP contribution is -2.42. The summed E-state index contributed by atoms with van der Waals surface area (Å²) in [6.45, 7) is 4.01. The van der Waals surface area contributed by atoms with Crippen molar-refractivity contribution in [1.82, 2.24) is 4.90 Å². The molecule has 1 aromatic heterocycles. The normalized spacial score (nSPS) is 18.7. The van der Waals surface area contributed by atoms with Crippen LogP contribution in [0.4, 0.5) is 0 Å². The Labute approximate surface area is 202 Å². The molecule has 0 aliphatic carbocycles. The average Bonchev–Trinajstić information content (AvgIpc) is 3.32. The fraction of sp³-hybridized carbons (Fsp3) is 0.370. The van der Waals surface area contributed by atoms with E-state index in [1.807, 2.05) is 44.2 Å². The third kappa shape index (κ3) is 4.36. The molecular weight excluding hydrogens is 450 g/mol. The summed E-state index contributed by atoms with van der Waals surface area (Å²) in [5.74, 6) is -0.521. The summed E-state index contributed by atoms with van der Waals surface area (Å²) >= 11 is 0. The zero-order valence-corrected chi connectivity index (χ0v) is 19.7. The fourth-order valence-corrected chi connectivity index (χ4v) is 4.95. The minimum atomic E-state index is -1.01. The zero-order chi connectivity index (χ0) is 24.7. The van der Waals surface area contributed by atoms with Crippen LogP contribution in [0.3, 0.4) is 0 Å². The molecule has 8 nitrogen and oxygen atoms in total. The molecule has 0 bridgehead atoms. The van der Waals surface area contributed by atoms with Crippen molar-refractivity contribution in [3.63, 3.8) is 0 Å². The van der Waals surface area contributed by atoms with Crippen LogP contribution in [0.25, 0.3) is 22.1 Å². The second-order valence-corrected chi connectivity index (χ2v) is 9.63. The Morgan fingerprint density at radius 2 is 1.97 bits per heavy atom. The van der Waals surface area contributed by atoms with Crippen LogP contribution in [-0.2, 0) is 16.0 Å². The quantitative estimate of drug-likeness (QED) is 0.553. The molecule has 8 heteroatoms. The number of likely N-dealkylation sites (tertiary alicyclic amines) is 1.